The predicted molar refractivity (Wildman–Crippen MR) is 107 cm³/mol. The summed E-state index contributed by atoms with van der Waals surface area (Å²) >= 11 is 0. The maximum atomic E-state index is 13.2. The van der Waals surface area contributed by atoms with Crippen molar-refractivity contribution < 1.29 is 9.18 Å². The largest absolute Gasteiger partial charge is 0.338 e. The van der Waals surface area contributed by atoms with E-state index in [1.807, 2.05) is 23.1 Å². The first-order chi connectivity index (χ1) is 13.7. The second-order valence-electron chi connectivity index (χ2n) is 8.19. The molecule has 1 N–H and O–H groups in total. The van der Waals surface area contributed by atoms with Crippen molar-refractivity contribution in [3.8, 4) is 0 Å². The van der Waals surface area contributed by atoms with Gasteiger partial charge < -0.3 is 10.2 Å². The molecule has 2 fully saturated rings. The number of fused-ring (bicyclic) bond motifs is 2. The zero-order valence-corrected chi connectivity index (χ0v) is 16.2. The van der Waals surface area contributed by atoms with Gasteiger partial charge in [-0.1, -0.05) is 18.2 Å². The lowest BCUT2D eigenvalue weighted by molar-refractivity contribution is -0.133. The summed E-state index contributed by atoms with van der Waals surface area (Å²) in [6.07, 6.45) is 7.82. The fraction of sp³-hybridized carbons (Fsp3) is 0.478. The minimum absolute atomic E-state index is 0.201. The van der Waals surface area contributed by atoms with Gasteiger partial charge in [0.15, 0.2) is 0 Å². The van der Waals surface area contributed by atoms with Crippen LogP contribution in [0.4, 0.5) is 4.39 Å². The van der Waals surface area contributed by atoms with Gasteiger partial charge in [-0.2, -0.15) is 0 Å². The summed E-state index contributed by atoms with van der Waals surface area (Å²) in [4.78, 5) is 19.4. The van der Waals surface area contributed by atoms with Gasteiger partial charge in [0.1, 0.15) is 5.82 Å². The Hall–Kier alpha value is -2.27. The van der Waals surface area contributed by atoms with Crippen molar-refractivity contribution in [1.29, 1.82) is 0 Å². The third-order valence-electron chi connectivity index (χ3n) is 6.04. The van der Waals surface area contributed by atoms with Crippen LogP contribution in [-0.4, -0.2) is 34.4 Å². The lowest BCUT2D eigenvalue weighted by Crippen LogP contribution is -2.40. The van der Waals surface area contributed by atoms with Crippen LogP contribution in [-0.2, 0) is 17.8 Å². The van der Waals surface area contributed by atoms with Crippen LogP contribution in [0, 0.1) is 11.7 Å². The van der Waals surface area contributed by atoms with Crippen molar-refractivity contribution in [2.45, 2.75) is 57.2 Å². The number of amides is 1. The molecule has 4 rings (SSSR count). The summed E-state index contributed by atoms with van der Waals surface area (Å²) in [5.74, 6) is 0.420. The first kappa shape index (κ1) is 19.1. The Kier molecular flexibility index (Phi) is 6.01. The van der Waals surface area contributed by atoms with E-state index in [-0.39, 0.29) is 11.7 Å². The number of rotatable bonds is 7. The molecule has 0 aliphatic carbocycles. The zero-order chi connectivity index (χ0) is 19.3. The fourth-order valence-electron chi connectivity index (χ4n) is 4.62. The molecule has 2 aliphatic rings. The molecule has 1 amide bonds. The Labute approximate surface area is 166 Å². The van der Waals surface area contributed by atoms with E-state index in [9.17, 15) is 9.18 Å². The highest BCUT2D eigenvalue weighted by molar-refractivity contribution is 5.76. The molecule has 2 aromatic rings. The molecular formula is C23H28FN3O. The quantitative estimate of drug-likeness (QED) is 0.795. The molecule has 5 heteroatoms. The second kappa shape index (κ2) is 8.82. The van der Waals surface area contributed by atoms with Crippen LogP contribution in [0.5, 0.6) is 0 Å². The third kappa shape index (κ3) is 4.96. The number of carbonyl (C=O) groups excluding carboxylic acids is 1. The first-order valence-electron chi connectivity index (χ1n) is 10.3. The lowest BCUT2D eigenvalue weighted by atomic mass is 9.89. The van der Waals surface area contributed by atoms with Crippen LogP contribution in [0.3, 0.4) is 0 Å². The Morgan fingerprint density at radius 1 is 1.11 bits per heavy atom. The molecule has 2 aliphatic heterocycles. The molecule has 148 valence electrons. The van der Waals surface area contributed by atoms with Gasteiger partial charge >= 0.3 is 0 Å². The summed E-state index contributed by atoms with van der Waals surface area (Å²) in [5.41, 5.74) is 1.94. The van der Waals surface area contributed by atoms with Crippen LogP contribution >= 0.6 is 0 Å². The number of pyridine rings is 1. The minimum atomic E-state index is -0.250. The van der Waals surface area contributed by atoms with E-state index < -0.39 is 0 Å². The number of carbonyl (C=O) groups is 1. The van der Waals surface area contributed by atoms with Crippen molar-refractivity contribution >= 4 is 5.91 Å². The number of hydrogen-bond acceptors (Lipinski definition) is 3. The molecule has 2 saturated heterocycles. The van der Waals surface area contributed by atoms with Gasteiger partial charge in [0.2, 0.25) is 5.91 Å². The molecule has 4 nitrogen and oxygen atoms in total. The molecule has 2 unspecified atom stereocenters. The highest BCUT2D eigenvalue weighted by atomic mass is 19.1. The van der Waals surface area contributed by atoms with Crippen LogP contribution in [0.25, 0.3) is 0 Å². The summed E-state index contributed by atoms with van der Waals surface area (Å²) in [6, 6.07) is 13.5. The molecule has 28 heavy (non-hydrogen) atoms. The van der Waals surface area contributed by atoms with Crippen molar-refractivity contribution in [2.75, 3.05) is 6.54 Å². The SMILES string of the molecule is O=C(CC1CC2CCC(C1)N2)N(CCc1ccccn1)Cc1ccc(F)cc1. The molecule has 1 aromatic carbocycles. The predicted octanol–water partition coefficient (Wildman–Crippen LogP) is 3.71. The van der Waals surface area contributed by atoms with Crippen LogP contribution < -0.4 is 5.32 Å². The number of hydrogen-bond donors (Lipinski definition) is 1. The van der Waals surface area contributed by atoms with Crippen molar-refractivity contribution in [3.05, 3.63) is 65.7 Å². The van der Waals surface area contributed by atoms with Gasteiger partial charge in [0, 0.05) is 49.9 Å². The van der Waals surface area contributed by atoms with Gasteiger partial charge in [-0.05, 0) is 61.4 Å². The van der Waals surface area contributed by atoms with E-state index in [0.717, 1.165) is 30.5 Å². The molecule has 0 spiro atoms. The maximum Gasteiger partial charge on any atom is 0.223 e. The Morgan fingerprint density at radius 3 is 2.54 bits per heavy atom. The molecule has 0 saturated carbocycles. The first-order valence-corrected chi connectivity index (χ1v) is 10.3. The second-order valence-corrected chi connectivity index (χ2v) is 8.19. The van der Waals surface area contributed by atoms with E-state index in [1.165, 1.54) is 25.0 Å². The average molecular weight is 381 g/mol. The summed E-state index contributed by atoms with van der Waals surface area (Å²) in [5, 5.41) is 3.65. The maximum absolute atomic E-state index is 13.2. The van der Waals surface area contributed by atoms with E-state index >= 15 is 0 Å². The lowest BCUT2D eigenvalue weighted by Gasteiger charge is -2.31. The van der Waals surface area contributed by atoms with Gasteiger partial charge in [0.05, 0.1) is 0 Å². The zero-order valence-electron chi connectivity index (χ0n) is 16.2. The van der Waals surface area contributed by atoms with Crippen LogP contribution in [0.2, 0.25) is 0 Å². The number of nitrogens with zero attached hydrogens (tertiary/aromatic N) is 2. The molecule has 0 radical (unpaired) electrons. The van der Waals surface area contributed by atoms with Gasteiger partial charge in [-0.25, -0.2) is 4.39 Å². The van der Waals surface area contributed by atoms with E-state index in [4.69, 9.17) is 0 Å². The van der Waals surface area contributed by atoms with E-state index in [1.54, 1.807) is 18.3 Å². The Bertz CT molecular complexity index is 768. The monoisotopic (exact) mass is 381 g/mol. The third-order valence-corrected chi connectivity index (χ3v) is 6.04. The van der Waals surface area contributed by atoms with Crippen molar-refractivity contribution in [1.82, 2.24) is 15.2 Å². The number of halogens is 1. The van der Waals surface area contributed by atoms with Gasteiger partial charge in [0.25, 0.3) is 0 Å². The standard InChI is InChI=1S/C23H28FN3O/c24-19-6-4-17(5-7-19)16-27(12-10-20-3-1-2-11-25-20)23(28)15-18-13-21-8-9-22(14-18)26-21/h1-7,11,18,21-22,26H,8-10,12-16H2. The molecule has 2 atom stereocenters. The minimum Gasteiger partial charge on any atom is -0.338 e. The topological polar surface area (TPSA) is 45.2 Å². The normalized spacial score (nSPS) is 23.5. The van der Waals surface area contributed by atoms with Crippen LogP contribution in [0.15, 0.2) is 48.7 Å². The number of nitrogens with one attached hydrogen (secondary N) is 1. The number of aromatic nitrogens is 1. The smallest absolute Gasteiger partial charge is 0.223 e. The van der Waals surface area contributed by atoms with E-state index in [2.05, 4.69) is 10.3 Å². The highest BCUT2D eigenvalue weighted by Gasteiger charge is 2.34. The van der Waals surface area contributed by atoms with E-state index in [0.29, 0.717) is 37.5 Å². The highest BCUT2D eigenvalue weighted by Crippen LogP contribution is 2.33. The Balaban J connectivity index is 1.41. The van der Waals surface area contributed by atoms with Gasteiger partial charge in [-0.15, -0.1) is 0 Å². The summed E-state index contributed by atoms with van der Waals surface area (Å²) in [7, 11) is 0. The van der Waals surface area contributed by atoms with Crippen LogP contribution in [0.1, 0.15) is 43.4 Å². The fourth-order valence-corrected chi connectivity index (χ4v) is 4.62. The van der Waals surface area contributed by atoms with Crippen molar-refractivity contribution in [2.24, 2.45) is 5.92 Å². The average Bonchev–Trinajstić information content (AvgIpc) is 3.05. The number of benzene rings is 1. The van der Waals surface area contributed by atoms with Gasteiger partial charge in [-0.3, -0.25) is 9.78 Å². The summed E-state index contributed by atoms with van der Waals surface area (Å²) < 4.78 is 13.2. The molecule has 2 bridgehead atoms. The molecular weight excluding hydrogens is 353 g/mol. The summed E-state index contributed by atoms with van der Waals surface area (Å²) in [6.45, 7) is 1.15. The molecule has 1 aromatic heterocycles. The Morgan fingerprint density at radius 2 is 1.86 bits per heavy atom. The molecule has 3 heterocycles. The number of piperidine rings is 1. The van der Waals surface area contributed by atoms with Crippen molar-refractivity contribution in [3.63, 3.8) is 0 Å².